The molecule has 1 aromatic carbocycles. The smallest absolute Gasteiger partial charge is 0.203 e. The molecule has 0 atom stereocenters. The zero-order valence-electron chi connectivity index (χ0n) is 12.0. The highest BCUT2D eigenvalue weighted by Crippen LogP contribution is 2.13. The summed E-state index contributed by atoms with van der Waals surface area (Å²) in [4.78, 5) is 11.5. The molecule has 0 amide bonds. The van der Waals surface area contributed by atoms with Crippen molar-refractivity contribution in [2.75, 3.05) is 6.26 Å². The van der Waals surface area contributed by atoms with Crippen molar-refractivity contribution in [2.24, 2.45) is 0 Å². The number of benzene rings is 1. The first-order valence-electron chi connectivity index (χ1n) is 6.25. The molecule has 2 rings (SSSR count). The lowest BCUT2D eigenvalue weighted by Crippen LogP contribution is -2.12. The monoisotopic (exact) mass is 294 g/mol. The third kappa shape index (κ3) is 3.77. The summed E-state index contributed by atoms with van der Waals surface area (Å²) >= 11 is 0. The van der Waals surface area contributed by atoms with Crippen molar-refractivity contribution in [2.45, 2.75) is 25.7 Å². The number of hydrogen-bond acceptors (Lipinski definition) is 4. The van der Waals surface area contributed by atoms with Crippen molar-refractivity contribution >= 4 is 9.84 Å². The van der Waals surface area contributed by atoms with Gasteiger partial charge in [-0.1, -0.05) is 19.9 Å². The number of nitrogens with zero attached hydrogens (tertiary/aromatic N) is 2. The molecular weight excluding hydrogens is 276 g/mol. The molecule has 1 aromatic heterocycles. The van der Waals surface area contributed by atoms with Gasteiger partial charge in [0.05, 0.1) is 10.6 Å². The van der Waals surface area contributed by atoms with Gasteiger partial charge in [0.15, 0.2) is 9.84 Å². The number of hydrogen-bond donors (Lipinski definition) is 0. The molecule has 20 heavy (non-hydrogen) atoms. The van der Waals surface area contributed by atoms with Crippen LogP contribution in [0.25, 0.3) is 5.69 Å². The summed E-state index contributed by atoms with van der Waals surface area (Å²) in [6.45, 7) is 5.61. The van der Waals surface area contributed by atoms with Crippen molar-refractivity contribution in [1.82, 2.24) is 9.78 Å². The van der Waals surface area contributed by atoms with E-state index in [0.717, 1.165) is 6.26 Å². The second kappa shape index (κ2) is 6.47. The molecule has 0 aliphatic rings. The topological polar surface area (TPSA) is 69.0 Å². The lowest BCUT2D eigenvalue weighted by Gasteiger charge is -2.07. The van der Waals surface area contributed by atoms with Crippen LogP contribution >= 0.6 is 0 Å². The van der Waals surface area contributed by atoms with Crippen LogP contribution in [0.3, 0.4) is 0 Å². The van der Waals surface area contributed by atoms with Gasteiger partial charge in [-0.25, -0.2) is 13.1 Å². The van der Waals surface area contributed by atoms with E-state index >= 15 is 0 Å². The molecule has 0 fully saturated rings. The predicted octanol–water partition coefficient (Wildman–Crippen LogP) is 1.97. The molecule has 0 aliphatic carbocycles. The Balaban J connectivity index is 0.000000956. The van der Waals surface area contributed by atoms with E-state index in [9.17, 15) is 13.2 Å². The van der Waals surface area contributed by atoms with Gasteiger partial charge in [-0.2, -0.15) is 5.10 Å². The summed E-state index contributed by atoms with van der Waals surface area (Å²) in [5.41, 5.74) is 0.814. The van der Waals surface area contributed by atoms with Crippen LogP contribution in [0.4, 0.5) is 0 Å². The summed E-state index contributed by atoms with van der Waals surface area (Å²) < 4.78 is 24.4. The zero-order chi connectivity index (χ0) is 15.3. The minimum absolute atomic E-state index is 0.148. The molecule has 0 saturated heterocycles. The molecule has 2 aromatic rings. The van der Waals surface area contributed by atoms with Crippen molar-refractivity contribution in [1.29, 1.82) is 0 Å². The van der Waals surface area contributed by atoms with Gasteiger partial charge in [-0.3, -0.25) is 4.79 Å². The summed E-state index contributed by atoms with van der Waals surface area (Å²) in [6.07, 6.45) is 2.66. The molecule has 0 radical (unpaired) electrons. The quantitative estimate of drug-likeness (QED) is 0.849. The van der Waals surface area contributed by atoms with Gasteiger partial charge in [0.1, 0.15) is 5.69 Å². The van der Waals surface area contributed by atoms with Crippen LogP contribution in [0.15, 0.2) is 46.2 Å². The Labute approximate surface area is 118 Å². The number of aromatic nitrogens is 2. The van der Waals surface area contributed by atoms with Crippen LogP contribution in [0, 0.1) is 6.92 Å². The normalized spacial score (nSPS) is 10.6. The lowest BCUT2D eigenvalue weighted by molar-refractivity contribution is 0.601. The fourth-order valence-corrected chi connectivity index (χ4v) is 2.16. The van der Waals surface area contributed by atoms with Crippen molar-refractivity contribution in [3.8, 4) is 5.69 Å². The Morgan fingerprint density at radius 1 is 1.15 bits per heavy atom. The highest BCUT2D eigenvalue weighted by molar-refractivity contribution is 7.90. The lowest BCUT2D eigenvalue weighted by atomic mass is 10.3. The first kappa shape index (κ1) is 16.1. The molecule has 0 spiro atoms. The highest BCUT2D eigenvalue weighted by atomic mass is 32.2. The highest BCUT2D eigenvalue weighted by Gasteiger charge is 2.08. The summed E-state index contributed by atoms with van der Waals surface area (Å²) in [6, 6.07) is 7.81. The maximum Gasteiger partial charge on any atom is 0.203 e. The Bertz CT molecular complexity index is 749. The Morgan fingerprint density at radius 2 is 1.80 bits per heavy atom. The summed E-state index contributed by atoms with van der Waals surface area (Å²) in [5.74, 6) is 0. The van der Waals surface area contributed by atoms with Gasteiger partial charge >= 0.3 is 0 Å². The Morgan fingerprint density at radius 3 is 2.35 bits per heavy atom. The SMILES string of the molecule is CC.Cc1nn(-c2cccc(S(C)(=O)=O)c2)ccc1=O. The second-order valence-corrected chi connectivity index (χ2v) is 6.00. The third-order valence-corrected chi connectivity index (χ3v) is 3.60. The van der Waals surface area contributed by atoms with Gasteiger partial charge in [-0.15, -0.1) is 0 Å². The molecule has 5 nitrogen and oxygen atoms in total. The molecule has 6 heteroatoms. The average Bonchev–Trinajstić information content (AvgIpc) is 2.43. The minimum Gasteiger partial charge on any atom is -0.288 e. The van der Waals surface area contributed by atoms with Crippen molar-refractivity contribution in [3.05, 3.63) is 52.4 Å². The number of rotatable bonds is 2. The summed E-state index contributed by atoms with van der Waals surface area (Å²) in [5, 5.41) is 4.08. The molecule has 108 valence electrons. The average molecular weight is 294 g/mol. The molecule has 0 N–H and O–H groups in total. The van der Waals surface area contributed by atoms with Crippen LogP contribution in [0.5, 0.6) is 0 Å². The van der Waals surface area contributed by atoms with Crippen molar-refractivity contribution in [3.63, 3.8) is 0 Å². The molecule has 0 unspecified atom stereocenters. The standard InChI is InChI=1S/C12H12N2O3S.C2H6/c1-9-12(15)6-7-14(13-9)10-4-3-5-11(8-10)18(2,16)17;1-2/h3-8H,1-2H3;1-2H3. The van der Waals surface area contributed by atoms with Gasteiger partial charge in [0.25, 0.3) is 0 Å². The van der Waals surface area contributed by atoms with E-state index in [1.807, 2.05) is 13.8 Å². The maximum atomic E-state index is 11.5. The van der Waals surface area contributed by atoms with E-state index in [4.69, 9.17) is 0 Å². The fraction of sp³-hybridized carbons (Fsp3) is 0.286. The number of sulfone groups is 1. The molecular formula is C14H18N2O3S. The summed E-state index contributed by atoms with van der Waals surface area (Å²) in [7, 11) is -3.25. The van der Waals surface area contributed by atoms with E-state index < -0.39 is 9.84 Å². The maximum absolute atomic E-state index is 11.5. The van der Waals surface area contributed by atoms with E-state index in [2.05, 4.69) is 5.10 Å². The Kier molecular flexibility index (Phi) is 5.21. The van der Waals surface area contributed by atoms with Crippen LogP contribution < -0.4 is 5.43 Å². The second-order valence-electron chi connectivity index (χ2n) is 3.98. The van der Waals surface area contributed by atoms with Gasteiger partial charge in [0, 0.05) is 18.5 Å². The van der Waals surface area contributed by atoms with E-state index in [0.29, 0.717) is 11.4 Å². The van der Waals surface area contributed by atoms with Crippen LogP contribution in [-0.4, -0.2) is 24.5 Å². The van der Waals surface area contributed by atoms with E-state index in [1.54, 1.807) is 19.1 Å². The van der Waals surface area contributed by atoms with E-state index in [-0.39, 0.29) is 10.3 Å². The molecule has 1 heterocycles. The number of aryl methyl sites for hydroxylation is 1. The minimum atomic E-state index is -3.25. The van der Waals surface area contributed by atoms with Crippen LogP contribution in [0.2, 0.25) is 0 Å². The van der Waals surface area contributed by atoms with Gasteiger partial charge in [0.2, 0.25) is 5.43 Å². The van der Waals surface area contributed by atoms with Gasteiger partial charge in [-0.05, 0) is 25.1 Å². The van der Waals surface area contributed by atoms with E-state index in [1.165, 1.54) is 29.1 Å². The van der Waals surface area contributed by atoms with Crippen molar-refractivity contribution < 1.29 is 8.42 Å². The Hall–Kier alpha value is -1.95. The first-order valence-corrected chi connectivity index (χ1v) is 8.14. The molecule has 0 aliphatic heterocycles. The largest absolute Gasteiger partial charge is 0.288 e. The molecule has 0 bridgehead atoms. The third-order valence-electron chi connectivity index (χ3n) is 2.49. The first-order chi connectivity index (χ1) is 9.38. The predicted molar refractivity (Wildman–Crippen MR) is 79.0 cm³/mol. The zero-order valence-corrected chi connectivity index (χ0v) is 12.8. The fourth-order valence-electron chi connectivity index (χ4n) is 1.50. The van der Waals surface area contributed by atoms with Gasteiger partial charge < -0.3 is 0 Å². The molecule has 0 saturated carbocycles. The van der Waals surface area contributed by atoms with Crippen LogP contribution in [0.1, 0.15) is 19.5 Å². The van der Waals surface area contributed by atoms with Crippen LogP contribution in [-0.2, 0) is 9.84 Å².